The smallest absolute Gasteiger partial charge is 0.404 e. The molecule has 0 radical (unpaired) electrons. The number of urea groups is 1. The number of carbonyl (C=O) groups is 2. The molecule has 2 heterocycles. The van der Waals surface area contributed by atoms with Crippen LogP contribution in [0.3, 0.4) is 0 Å². The third-order valence-corrected chi connectivity index (χ3v) is 8.13. The Hall–Kier alpha value is -3.11. The molecule has 1 aliphatic heterocycles. The lowest BCUT2D eigenvalue weighted by Gasteiger charge is -2.33. The Morgan fingerprint density at radius 2 is 1.76 bits per heavy atom. The van der Waals surface area contributed by atoms with Gasteiger partial charge in [-0.1, -0.05) is 54.0 Å². The summed E-state index contributed by atoms with van der Waals surface area (Å²) in [4.78, 5) is 30.1. The van der Waals surface area contributed by atoms with Gasteiger partial charge < -0.3 is 20.6 Å². The van der Waals surface area contributed by atoms with Crippen molar-refractivity contribution in [2.45, 2.75) is 38.6 Å². The first-order valence-electron chi connectivity index (χ1n) is 12.3. The predicted octanol–water partition coefficient (Wildman–Crippen LogP) is 6.04. The first-order valence-corrected chi connectivity index (χ1v) is 14.0. The number of amides is 3. The molecule has 3 aromatic rings. The summed E-state index contributed by atoms with van der Waals surface area (Å²) in [5, 5.41) is 19.6. The third kappa shape index (κ3) is 7.23. The number of rotatable bonds is 8. The molecule has 3 amide bonds. The summed E-state index contributed by atoms with van der Waals surface area (Å²) in [7, 11) is 0. The maximum atomic E-state index is 12.5. The molecule has 196 valence electrons. The fraction of sp³-hybridized carbons (Fsp3) is 0.370. The molecular weight excluding hydrogens is 554 g/mol. The van der Waals surface area contributed by atoms with E-state index >= 15 is 0 Å². The SMILES string of the molecule is CC(C)(c1ccc(Br)cc1)c1csc(NC(=O)NCc2ccc(N3CCC(CNC(=O)O)CC3)cc2)n1. The van der Waals surface area contributed by atoms with Gasteiger partial charge in [-0.05, 0) is 54.2 Å². The van der Waals surface area contributed by atoms with E-state index in [1.165, 1.54) is 11.3 Å². The van der Waals surface area contributed by atoms with Crippen LogP contribution in [0.15, 0.2) is 58.4 Å². The molecule has 8 nitrogen and oxygen atoms in total. The first-order chi connectivity index (χ1) is 17.7. The Labute approximate surface area is 229 Å². The van der Waals surface area contributed by atoms with Gasteiger partial charge in [0, 0.05) is 47.1 Å². The lowest BCUT2D eigenvalue weighted by molar-refractivity contribution is 0.191. The topological polar surface area (TPSA) is 107 Å². The van der Waals surface area contributed by atoms with E-state index in [0.717, 1.165) is 52.9 Å². The standard InChI is InChI=1S/C27H32BrN5O3S/c1-27(2,20-5-7-21(28)8-6-20)23-17-37-25(31-23)32-24(34)29-15-18-3-9-22(10-4-18)33-13-11-19(12-14-33)16-30-26(35)36/h3-10,17,19,30H,11-16H2,1-2H3,(H,35,36)(H2,29,31,32,34). The van der Waals surface area contributed by atoms with Crippen LogP contribution in [0, 0.1) is 5.92 Å². The van der Waals surface area contributed by atoms with E-state index in [1.54, 1.807) is 0 Å². The maximum Gasteiger partial charge on any atom is 0.404 e. The van der Waals surface area contributed by atoms with Gasteiger partial charge in [0.05, 0.1) is 5.69 Å². The number of benzene rings is 2. The Bertz CT molecular complexity index is 1210. The monoisotopic (exact) mass is 585 g/mol. The number of aromatic nitrogens is 1. The number of nitrogens with zero attached hydrogens (tertiary/aromatic N) is 2. The minimum atomic E-state index is -0.961. The van der Waals surface area contributed by atoms with Crippen molar-refractivity contribution in [3.05, 3.63) is 75.2 Å². The summed E-state index contributed by atoms with van der Waals surface area (Å²) in [5.74, 6) is 0.384. The molecule has 0 unspecified atom stereocenters. The largest absolute Gasteiger partial charge is 0.465 e. The van der Waals surface area contributed by atoms with Gasteiger partial charge in [-0.15, -0.1) is 11.3 Å². The predicted molar refractivity (Wildman–Crippen MR) is 152 cm³/mol. The van der Waals surface area contributed by atoms with Gasteiger partial charge in [0.25, 0.3) is 0 Å². The van der Waals surface area contributed by atoms with Crippen molar-refractivity contribution in [1.29, 1.82) is 0 Å². The lowest BCUT2D eigenvalue weighted by atomic mass is 9.82. The molecule has 1 saturated heterocycles. The highest BCUT2D eigenvalue weighted by Crippen LogP contribution is 2.34. The van der Waals surface area contributed by atoms with Crippen molar-refractivity contribution in [2.75, 3.05) is 29.9 Å². The van der Waals surface area contributed by atoms with Gasteiger partial charge in [-0.3, -0.25) is 5.32 Å². The molecule has 4 N–H and O–H groups in total. The van der Waals surface area contributed by atoms with Gasteiger partial charge in [0.1, 0.15) is 0 Å². The molecule has 0 saturated carbocycles. The first kappa shape index (κ1) is 26.9. The molecule has 0 spiro atoms. The molecule has 4 rings (SSSR count). The van der Waals surface area contributed by atoms with Crippen LogP contribution in [-0.2, 0) is 12.0 Å². The number of carbonyl (C=O) groups excluding carboxylic acids is 1. The molecule has 1 aromatic heterocycles. The molecule has 0 aliphatic carbocycles. The highest BCUT2D eigenvalue weighted by molar-refractivity contribution is 9.10. The van der Waals surface area contributed by atoms with Crippen molar-refractivity contribution < 1.29 is 14.7 Å². The second kappa shape index (κ2) is 12.0. The highest BCUT2D eigenvalue weighted by Gasteiger charge is 2.26. The zero-order valence-corrected chi connectivity index (χ0v) is 23.4. The van der Waals surface area contributed by atoms with E-state index in [0.29, 0.717) is 24.1 Å². The minimum Gasteiger partial charge on any atom is -0.465 e. The Kier molecular flexibility index (Phi) is 8.71. The summed E-state index contributed by atoms with van der Waals surface area (Å²) < 4.78 is 1.03. The van der Waals surface area contributed by atoms with Crippen LogP contribution in [0.2, 0.25) is 0 Å². The second-order valence-corrected chi connectivity index (χ2v) is 11.5. The number of anilines is 2. The molecule has 0 bridgehead atoms. The molecule has 10 heteroatoms. The lowest BCUT2D eigenvalue weighted by Crippen LogP contribution is -2.38. The molecule has 1 aliphatic rings. The zero-order valence-electron chi connectivity index (χ0n) is 21.0. The van der Waals surface area contributed by atoms with E-state index in [-0.39, 0.29) is 11.4 Å². The highest BCUT2D eigenvalue weighted by atomic mass is 79.9. The summed E-state index contributed by atoms with van der Waals surface area (Å²) in [5.41, 5.74) is 3.94. The number of carboxylic acid groups (broad SMARTS) is 1. The number of piperidine rings is 1. The van der Waals surface area contributed by atoms with Gasteiger partial charge in [-0.25, -0.2) is 14.6 Å². The Balaban J connectivity index is 1.24. The van der Waals surface area contributed by atoms with Gasteiger partial charge in [0.2, 0.25) is 0 Å². The van der Waals surface area contributed by atoms with Crippen molar-refractivity contribution >= 4 is 50.2 Å². The van der Waals surface area contributed by atoms with E-state index in [1.807, 2.05) is 29.6 Å². The molecule has 37 heavy (non-hydrogen) atoms. The summed E-state index contributed by atoms with van der Waals surface area (Å²) >= 11 is 4.89. The van der Waals surface area contributed by atoms with Crippen molar-refractivity contribution in [2.24, 2.45) is 5.92 Å². The average Bonchev–Trinajstić information content (AvgIpc) is 3.36. The van der Waals surface area contributed by atoms with Crippen LogP contribution in [0.5, 0.6) is 0 Å². The minimum absolute atomic E-state index is 0.278. The van der Waals surface area contributed by atoms with Crippen molar-refractivity contribution in [3.63, 3.8) is 0 Å². The summed E-state index contributed by atoms with van der Waals surface area (Å²) in [6.45, 7) is 6.98. The van der Waals surface area contributed by atoms with E-state index < -0.39 is 6.09 Å². The van der Waals surface area contributed by atoms with Crippen LogP contribution in [0.1, 0.15) is 43.5 Å². The van der Waals surface area contributed by atoms with Crippen LogP contribution < -0.4 is 20.9 Å². The molecule has 1 fully saturated rings. The maximum absolute atomic E-state index is 12.5. The fourth-order valence-corrected chi connectivity index (χ4v) is 5.55. The third-order valence-electron chi connectivity index (χ3n) is 6.84. The zero-order chi connectivity index (χ0) is 26.4. The van der Waals surface area contributed by atoms with Gasteiger partial charge in [-0.2, -0.15) is 0 Å². The van der Waals surface area contributed by atoms with Crippen molar-refractivity contribution in [3.8, 4) is 0 Å². The van der Waals surface area contributed by atoms with Crippen LogP contribution in [0.4, 0.5) is 20.4 Å². The summed E-state index contributed by atoms with van der Waals surface area (Å²) in [6, 6.07) is 16.1. The molecule has 2 aromatic carbocycles. The van der Waals surface area contributed by atoms with Crippen LogP contribution in [-0.4, -0.2) is 41.8 Å². The number of halogens is 1. The van der Waals surface area contributed by atoms with E-state index in [9.17, 15) is 9.59 Å². The van der Waals surface area contributed by atoms with Gasteiger partial charge >= 0.3 is 12.1 Å². The molecular formula is C27H32BrN5O3S. The van der Waals surface area contributed by atoms with Crippen LogP contribution in [0.25, 0.3) is 0 Å². The average molecular weight is 587 g/mol. The number of nitrogens with one attached hydrogen (secondary N) is 3. The number of hydrogen-bond donors (Lipinski definition) is 4. The van der Waals surface area contributed by atoms with Crippen molar-refractivity contribution in [1.82, 2.24) is 15.6 Å². The number of hydrogen-bond acceptors (Lipinski definition) is 5. The normalized spacial score (nSPS) is 14.3. The quantitative estimate of drug-likeness (QED) is 0.258. The molecule has 0 atom stereocenters. The van der Waals surface area contributed by atoms with Gasteiger partial charge in [0.15, 0.2) is 5.13 Å². The Morgan fingerprint density at radius 3 is 2.41 bits per heavy atom. The summed E-state index contributed by atoms with van der Waals surface area (Å²) in [6.07, 6.45) is 0.961. The second-order valence-electron chi connectivity index (χ2n) is 9.76. The Morgan fingerprint density at radius 1 is 1.08 bits per heavy atom. The van der Waals surface area contributed by atoms with E-state index in [4.69, 9.17) is 5.11 Å². The number of thiazole rings is 1. The van der Waals surface area contributed by atoms with Crippen LogP contribution >= 0.6 is 27.3 Å². The van der Waals surface area contributed by atoms with E-state index in [2.05, 4.69) is 79.9 Å². The fourth-order valence-electron chi connectivity index (χ4n) is 4.41.